The molecule has 2 aliphatic rings. The van der Waals surface area contributed by atoms with E-state index in [1.165, 1.54) is 0 Å². The zero-order chi connectivity index (χ0) is 26.7. The van der Waals surface area contributed by atoms with Crippen molar-refractivity contribution >= 4 is 16.6 Å². The Balaban J connectivity index is 1.28. The van der Waals surface area contributed by atoms with Crippen LogP contribution in [0.3, 0.4) is 0 Å². The molecule has 8 nitrogen and oxygen atoms in total. The standard InChI is InChI=1S/C32H27N6O2/c33-31(20-32(21-31)39-16-17-40-32)25-6-8-26(9-7-25)38-30-27-18-24(22-4-2-1-3-5-22)19-35-28(27)12-15-37(30)29(36-38)23-10-13-34-14-11-23/h1-15,18-19H,16-17,20-21,33H2/q+1. The Morgan fingerprint density at radius 1 is 0.825 bits per heavy atom. The van der Waals surface area contributed by atoms with Crippen molar-refractivity contribution < 1.29 is 13.9 Å². The fraction of sp³-hybridized carbons (Fsp3) is 0.188. The molecule has 2 aromatic carbocycles. The molecule has 196 valence electrons. The minimum atomic E-state index is -0.510. The highest BCUT2D eigenvalue weighted by Gasteiger charge is 2.57. The van der Waals surface area contributed by atoms with E-state index < -0.39 is 11.3 Å². The fourth-order valence-electron chi connectivity index (χ4n) is 6.13. The molecule has 0 bridgehead atoms. The van der Waals surface area contributed by atoms with Crippen molar-refractivity contribution in [2.45, 2.75) is 24.2 Å². The average Bonchev–Trinajstić information content (AvgIpc) is 3.63. The molecule has 4 aromatic heterocycles. The highest BCUT2D eigenvalue weighted by Crippen LogP contribution is 2.51. The van der Waals surface area contributed by atoms with Gasteiger partial charge in [0.15, 0.2) is 5.79 Å². The van der Waals surface area contributed by atoms with Gasteiger partial charge in [0, 0.05) is 37.0 Å². The van der Waals surface area contributed by atoms with E-state index >= 15 is 0 Å². The van der Waals surface area contributed by atoms with Crippen molar-refractivity contribution in [3.8, 4) is 28.2 Å². The van der Waals surface area contributed by atoms with Gasteiger partial charge in [0.2, 0.25) is 0 Å². The van der Waals surface area contributed by atoms with Crippen LogP contribution in [-0.4, -0.2) is 38.7 Å². The van der Waals surface area contributed by atoms with Gasteiger partial charge in [-0.25, -0.2) is 0 Å². The van der Waals surface area contributed by atoms with E-state index in [4.69, 9.17) is 25.3 Å². The second kappa shape index (κ2) is 8.76. The van der Waals surface area contributed by atoms with Crippen molar-refractivity contribution in [2.24, 2.45) is 5.73 Å². The highest BCUT2D eigenvalue weighted by molar-refractivity contribution is 5.93. The van der Waals surface area contributed by atoms with Gasteiger partial charge in [0.25, 0.3) is 5.65 Å². The summed E-state index contributed by atoms with van der Waals surface area (Å²) in [5.41, 5.74) is 13.3. The van der Waals surface area contributed by atoms with Crippen LogP contribution in [0.1, 0.15) is 18.4 Å². The minimum absolute atomic E-state index is 0.465. The van der Waals surface area contributed by atoms with E-state index in [0.29, 0.717) is 26.1 Å². The van der Waals surface area contributed by atoms with Gasteiger partial charge in [0.1, 0.15) is 5.69 Å². The first kappa shape index (κ1) is 23.4. The van der Waals surface area contributed by atoms with Crippen LogP contribution in [-0.2, 0) is 15.0 Å². The molecule has 8 rings (SSSR count). The Morgan fingerprint density at radius 2 is 1.57 bits per heavy atom. The Hall–Kier alpha value is -4.50. The zero-order valence-electron chi connectivity index (χ0n) is 21.8. The van der Waals surface area contributed by atoms with Crippen molar-refractivity contribution in [1.29, 1.82) is 0 Å². The smallest absolute Gasteiger partial charge is 0.314 e. The van der Waals surface area contributed by atoms with Crippen molar-refractivity contribution in [3.05, 3.63) is 109 Å². The molecule has 1 spiro atoms. The first-order valence-corrected chi connectivity index (χ1v) is 13.5. The number of benzene rings is 2. The van der Waals surface area contributed by atoms with Crippen molar-refractivity contribution in [1.82, 2.24) is 19.7 Å². The normalized spacial score (nSPS) is 17.4. The fourth-order valence-corrected chi connectivity index (χ4v) is 6.13. The van der Waals surface area contributed by atoms with E-state index in [0.717, 1.165) is 50.3 Å². The van der Waals surface area contributed by atoms with Crippen LogP contribution < -0.4 is 10.1 Å². The molecule has 1 aliphatic carbocycles. The third-order valence-corrected chi connectivity index (χ3v) is 8.11. The van der Waals surface area contributed by atoms with Gasteiger partial charge in [0.05, 0.1) is 46.5 Å². The molecule has 1 aliphatic heterocycles. The van der Waals surface area contributed by atoms with Gasteiger partial charge < -0.3 is 15.2 Å². The summed E-state index contributed by atoms with van der Waals surface area (Å²) >= 11 is 0. The number of nitrogens with zero attached hydrogens (tertiary/aromatic N) is 5. The Bertz CT molecular complexity index is 1860. The molecule has 0 atom stereocenters. The zero-order valence-corrected chi connectivity index (χ0v) is 21.8. The van der Waals surface area contributed by atoms with E-state index in [1.54, 1.807) is 12.4 Å². The lowest BCUT2D eigenvalue weighted by atomic mass is 9.68. The number of rotatable bonds is 4. The molecule has 40 heavy (non-hydrogen) atoms. The van der Waals surface area contributed by atoms with Crippen LogP contribution in [0.15, 0.2) is 104 Å². The maximum absolute atomic E-state index is 6.78. The van der Waals surface area contributed by atoms with Crippen LogP contribution in [0.5, 0.6) is 0 Å². The number of ether oxygens (including phenoxy) is 2. The van der Waals surface area contributed by atoms with Crippen molar-refractivity contribution in [2.75, 3.05) is 13.2 Å². The molecule has 1 saturated heterocycles. The van der Waals surface area contributed by atoms with Gasteiger partial charge in [-0.05, 0) is 47.5 Å². The molecule has 8 heteroatoms. The maximum Gasteiger partial charge on any atom is 0.314 e. The van der Waals surface area contributed by atoms with E-state index in [1.807, 2.05) is 53.5 Å². The lowest BCUT2D eigenvalue weighted by molar-refractivity contribution is -0.498. The van der Waals surface area contributed by atoms with E-state index in [-0.39, 0.29) is 0 Å². The summed E-state index contributed by atoms with van der Waals surface area (Å²) in [6, 6.07) is 26.9. The maximum atomic E-state index is 6.78. The van der Waals surface area contributed by atoms with Crippen LogP contribution >= 0.6 is 0 Å². The largest absolute Gasteiger partial charge is 0.347 e. The lowest BCUT2D eigenvalue weighted by Crippen LogP contribution is -2.60. The predicted molar refractivity (Wildman–Crippen MR) is 150 cm³/mol. The first-order chi connectivity index (χ1) is 19.6. The summed E-state index contributed by atoms with van der Waals surface area (Å²) in [6.07, 6.45) is 8.85. The third kappa shape index (κ3) is 3.65. The lowest BCUT2D eigenvalue weighted by Gasteiger charge is -2.50. The molecular formula is C32H27N6O2+. The van der Waals surface area contributed by atoms with Crippen molar-refractivity contribution in [3.63, 3.8) is 0 Å². The number of nitrogens with two attached hydrogens (primary N) is 1. The molecule has 2 N–H and O–H groups in total. The highest BCUT2D eigenvalue weighted by atomic mass is 16.7. The summed E-state index contributed by atoms with van der Waals surface area (Å²) in [7, 11) is 0. The van der Waals surface area contributed by atoms with Crippen LogP contribution in [0.4, 0.5) is 0 Å². The van der Waals surface area contributed by atoms with E-state index in [9.17, 15) is 0 Å². The first-order valence-electron chi connectivity index (χ1n) is 13.5. The molecular weight excluding hydrogens is 500 g/mol. The minimum Gasteiger partial charge on any atom is -0.347 e. The Morgan fingerprint density at radius 3 is 2.33 bits per heavy atom. The van der Waals surface area contributed by atoms with Gasteiger partial charge >= 0.3 is 5.82 Å². The molecule has 1 saturated carbocycles. The summed E-state index contributed by atoms with van der Waals surface area (Å²) < 4.78 is 15.8. The molecule has 0 amide bonds. The molecule has 0 unspecified atom stereocenters. The quantitative estimate of drug-likeness (QED) is 0.338. The monoisotopic (exact) mass is 527 g/mol. The number of aromatic nitrogens is 5. The number of hydrogen-bond acceptors (Lipinski definition) is 6. The second-order valence-corrected chi connectivity index (χ2v) is 10.7. The van der Waals surface area contributed by atoms with Crippen LogP contribution in [0, 0.1) is 0 Å². The average molecular weight is 528 g/mol. The second-order valence-electron chi connectivity index (χ2n) is 10.7. The summed E-state index contributed by atoms with van der Waals surface area (Å²) in [5, 5.41) is 6.13. The van der Waals surface area contributed by atoms with Gasteiger partial charge in [-0.1, -0.05) is 47.1 Å². The molecule has 6 aromatic rings. The molecule has 2 fully saturated rings. The summed E-state index contributed by atoms with van der Waals surface area (Å²) in [4.78, 5) is 9.02. The van der Waals surface area contributed by atoms with Crippen LogP contribution in [0.25, 0.3) is 44.8 Å². The Kier molecular flexibility index (Phi) is 5.12. The number of pyridine rings is 3. The number of hydrogen-bond donors (Lipinski definition) is 1. The topological polar surface area (TPSA) is 92.2 Å². The number of fused-ring (bicyclic) bond motifs is 3. The van der Waals surface area contributed by atoms with Gasteiger partial charge in [-0.15, -0.1) is 0 Å². The van der Waals surface area contributed by atoms with Gasteiger partial charge in [-0.2, -0.15) is 4.40 Å². The van der Waals surface area contributed by atoms with Gasteiger partial charge in [-0.3, -0.25) is 9.97 Å². The van der Waals surface area contributed by atoms with E-state index in [2.05, 4.69) is 51.8 Å². The Labute approximate surface area is 230 Å². The summed E-state index contributed by atoms with van der Waals surface area (Å²) in [6.45, 7) is 1.27. The SMILES string of the molecule is NC1(c2ccc(-n3nc(-c4ccncc4)[n+]4ccc5ncc(-c6ccccc6)cc5c34)cc2)CC2(C1)OCCO2. The van der Waals surface area contributed by atoms with Crippen LogP contribution in [0.2, 0.25) is 0 Å². The molecule has 5 heterocycles. The molecule has 0 radical (unpaired) electrons. The third-order valence-electron chi connectivity index (χ3n) is 8.11. The summed E-state index contributed by atoms with van der Waals surface area (Å²) in [5.74, 6) is 0.310. The predicted octanol–water partition coefficient (Wildman–Crippen LogP) is 4.58.